The van der Waals surface area contributed by atoms with E-state index in [2.05, 4.69) is 26.2 Å². The van der Waals surface area contributed by atoms with Crippen LogP contribution in [-0.4, -0.2) is 92.2 Å². The van der Waals surface area contributed by atoms with Crippen molar-refractivity contribution < 1.29 is 32.3 Å². The topological polar surface area (TPSA) is 140 Å². The molecule has 258 valence electrons. The highest BCUT2D eigenvalue weighted by Crippen LogP contribution is 2.34. The molecule has 2 aliphatic heterocycles. The molecule has 1 amide bonds. The molecule has 0 N–H and O–H groups in total. The van der Waals surface area contributed by atoms with Crippen molar-refractivity contribution in [3.05, 3.63) is 47.5 Å². The van der Waals surface area contributed by atoms with Crippen molar-refractivity contribution >= 4 is 6.09 Å². The number of carbonyl (C=O) groups excluding carboxylic acids is 1. The highest BCUT2D eigenvalue weighted by Gasteiger charge is 2.37. The standard InChI is InChI=1S/C34H43F2N7O5/c1-20(26-16-21(35)19-42(26)7)45-27-18-28(46-23-13-15-43(22(17-23)12-14-37)32(44)47-33(2,3)4)39-29(38-27)30-40-31(41-48-30)34(5,6)24-10-8-9-11-25(24)36/h8-11,18,20-23,26H,12-13,15-17,19H2,1-7H3/t20-,21-,22+,23-,26-/m0/s1. The van der Waals surface area contributed by atoms with Gasteiger partial charge < -0.3 is 23.6 Å². The molecular formula is C34H43F2N7O5. The van der Waals surface area contributed by atoms with E-state index in [0.717, 1.165) is 0 Å². The summed E-state index contributed by atoms with van der Waals surface area (Å²) < 4.78 is 52.6. The number of halogens is 2. The molecule has 0 unspecified atom stereocenters. The fourth-order valence-electron chi connectivity index (χ4n) is 6.21. The van der Waals surface area contributed by atoms with E-state index in [1.807, 2.05) is 18.9 Å². The van der Waals surface area contributed by atoms with Gasteiger partial charge in [-0.1, -0.05) is 23.4 Å². The Morgan fingerprint density at radius 1 is 1.15 bits per heavy atom. The van der Waals surface area contributed by atoms with Crippen molar-refractivity contribution in [2.45, 2.75) is 109 Å². The van der Waals surface area contributed by atoms with Gasteiger partial charge in [0.2, 0.25) is 17.6 Å². The molecule has 0 bridgehead atoms. The Morgan fingerprint density at radius 2 is 1.88 bits per heavy atom. The molecule has 0 spiro atoms. The number of likely N-dealkylation sites (tertiary alicyclic amines) is 2. The Bertz CT molecular complexity index is 1640. The Balaban J connectivity index is 1.42. The summed E-state index contributed by atoms with van der Waals surface area (Å²) >= 11 is 0. The lowest BCUT2D eigenvalue weighted by atomic mass is 9.83. The van der Waals surface area contributed by atoms with Crippen LogP contribution >= 0.6 is 0 Å². The van der Waals surface area contributed by atoms with Crippen LogP contribution in [-0.2, 0) is 10.2 Å². The second kappa shape index (κ2) is 14.0. The van der Waals surface area contributed by atoms with Crippen LogP contribution < -0.4 is 9.47 Å². The molecule has 5 atom stereocenters. The molecule has 2 aromatic heterocycles. The third-order valence-electron chi connectivity index (χ3n) is 8.71. The molecule has 0 radical (unpaired) electrons. The fourth-order valence-corrected chi connectivity index (χ4v) is 6.21. The van der Waals surface area contributed by atoms with Gasteiger partial charge in [-0.3, -0.25) is 4.90 Å². The van der Waals surface area contributed by atoms with Gasteiger partial charge in [0.05, 0.1) is 30.0 Å². The molecule has 48 heavy (non-hydrogen) atoms. The zero-order chi connectivity index (χ0) is 34.8. The van der Waals surface area contributed by atoms with Gasteiger partial charge in [0.1, 0.15) is 29.8 Å². The lowest BCUT2D eigenvalue weighted by Crippen LogP contribution is -2.50. The van der Waals surface area contributed by atoms with Crippen LogP contribution in [0.2, 0.25) is 0 Å². The van der Waals surface area contributed by atoms with E-state index in [1.54, 1.807) is 63.8 Å². The lowest BCUT2D eigenvalue weighted by Gasteiger charge is -2.38. The summed E-state index contributed by atoms with van der Waals surface area (Å²) in [6, 6.07) is 9.49. The first-order valence-electron chi connectivity index (χ1n) is 16.2. The number of rotatable bonds is 9. The first-order valence-corrected chi connectivity index (χ1v) is 16.2. The number of nitrogens with zero attached hydrogens (tertiary/aromatic N) is 7. The average molecular weight is 668 g/mol. The van der Waals surface area contributed by atoms with E-state index in [1.165, 1.54) is 6.07 Å². The number of hydrogen-bond donors (Lipinski definition) is 0. The number of carbonyl (C=O) groups is 1. The Morgan fingerprint density at radius 3 is 2.54 bits per heavy atom. The number of nitriles is 1. The fraction of sp³-hybridized carbons (Fsp3) is 0.588. The molecule has 5 rings (SSSR count). The second-order valence-corrected chi connectivity index (χ2v) is 14.0. The van der Waals surface area contributed by atoms with E-state index in [0.29, 0.717) is 37.9 Å². The smallest absolute Gasteiger partial charge is 0.410 e. The molecular weight excluding hydrogens is 624 g/mol. The molecule has 2 saturated heterocycles. The summed E-state index contributed by atoms with van der Waals surface area (Å²) in [5.41, 5.74) is -1.22. The van der Waals surface area contributed by atoms with Gasteiger partial charge in [0, 0.05) is 37.5 Å². The summed E-state index contributed by atoms with van der Waals surface area (Å²) in [7, 11) is 1.85. The van der Waals surface area contributed by atoms with Crippen LogP contribution in [0.15, 0.2) is 34.9 Å². The highest BCUT2D eigenvalue weighted by atomic mass is 19.1. The number of aromatic nitrogens is 4. The van der Waals surface area contributed by atoms with E-state index < -0.39 is 47.3 Å². The van der Waals surface area contributed by atoms with Gasteiger partial charge in [0.15, 0.2) is 5.82 Å². The SMILES string of the molecule is C[C@H](Oc1cc(O[C@H]2CCN(C(=O)OC(C)(C)C)[C@H](CC#N)C2)nc(-c2nc(C(C)(C)c3ccccc3F)no2)n1)[C@@H]1C[C@H](F)CN1C. The molecule has 4 heterocycles. The quantitative estimate of drug-likeness (QED) is 0.271. The zero-order valence-corrected chi connectivity index (χ0v) is 28.4. The van der Waals surface area contributed by atoms with Crippen molar-refractivity contribution in [3.63, 3.8) is 0 Å². The minimum atomic E-state index is -0.951. The zero-order valence-electron chi connectivity index (χ0n) is 28.4. The number of alkyl halides is 1. The number of likely N-dealkylation sites (N-methyl/N-ethyl adjacent to an activating group) is 1. The number of benzene rings is 1. The summed E-state index contributed by atoms with van der Waals surface area (Å²) in [5.74, 6) is 0.145. The van der Waals surface area contributed by atoms with Crippen LogP contribution in [0.1, 0.15) is 78.6 Å². The predicted octanol–water partition coefficient (Wildman–Crippen LogP) is 5.86. The van der Waals surface area contributed by atoms with E-state index in [9.17, 15) is 18.8 Å². The second-order valence-electron chi connectivity index (χ2n) is 14.0. The van der Waals surface area contributed by atoms with Crippen molar-refractivity contribution in [3.8, 4) is 29.5 Å². The maximum absolute atomic E-state index is 14.7. The van der Waals surface area contributed by atoms with Crippen LogP contribution in [0, 0.1) is 17.1 Å². The summed E-state index contributed by atoms with van der Waals surface area (Å²) in [6.45, 7) is 11.4. The molecule has 0 aliphatic carbocycles. The van der Waals surface area contributed by atoms with Crippen molar-refractivity contribution in [2.75, 3.05) is 20.1 Å². The lowest BCUT2D eigenvalue weighted by molar-refractivity contribution is -0.00382. The first-order chi connectivity index (χ1) is 22.6. The summed E-state index contributed by atoms with van der Waals surface area (Å²) in [4.78, 5) is 30.0. The summed E-state index contributed by atoms with van der Waals surface area (Å²) in [6.07, 6.45) is -1.00. The van der Waals surface area contributed by atoms with Gasteiger partial charge in [-0.2, -0.15) is 20.2 Å². The van der Waals surface area contributed by atoms with Crippen molar-refractivity contribution in [1.29, 1.82) is 5.26 Å². The first kappa shape index (κ1) is 34.9. The van der Waals surface area contributed by atoms with Crippen LogP contribution in [0.25, 0.3) is 11.7 Å². The van der Waals surface area contributed by atoms with Crippen molar-refractivity contribution in [2.24, 2.45) is 0 Å². The van der Waals surface area contributed by atoms with Crippen LogP contribution in [0.3, 0.4) is 0 Å². The number of ether oxygens (including phenoxy) is 3. The Hall–Kier alpha value is -4.38. The minimum Gasteiger partial charge on any atom is -0.474 e. The molecule has 2 aliphatic rings. The third-order valence-corrected chi connectivity index (χ3v) is 8.71. The van der Waals surface area contributed by atoms with Crippen LogP contribution in [0.5, 0.6) is 11.8 Å². The van der Waals surface area contributed by atoms with E-state index >= 15 is 0 Å². The van der Waals surface area contributed by atoms with E-state index in [-0.39, 0.29) is 41.8 Å². The van der Waals surface area contributed by atoms with E-state index in [4.69, 9.17) is 18.7 Å². The predicted molar refractivity (Wildman–Crippen MR) is 170 cm³/mol. The van der Waals surface area contributed by atoms with Crippen molar-refractivity contribution in [1.82, 2.24) is 29.9 Å². The summed E-state index contributed by atoms with van der Waals surface area (Å²) in [5, 5.41) is 13.6. The number of amides is 1. The molecule has 0 saturated carbocycles. The minimum absolute atomic E-state index is 0.0266. The molecule has 12 nitrogen and oxygen atoms in total. The maximum Gasteiger partial charge on any atom is 0.410 e. The average Bonchev–Trinajstić information content (AvgIpc) is 3.63. The Labute approximate surface area is 279 Å². The molecule has 1 aromatic carbocycles. The molecule has 14 heteroatoms. The molecule has 2 fully saturated rings. The van der Waals surface area contributed by atoms with Gasteiger partial charge in [-0.25, -0.2) is 13.6 Å². The Kier molecular flexibility index (Phi) is 10.2. The monoisotopic (exact) mass is 667 g/mol. The molecule has 3 aromatic rings. The van der Waals surface area contributed by atoms with Gasteiger partial charge in [-0.15, -0.1) is 0 Å². The van der Waals surface area contributed by atoms with Gasteiger partial charge in [-0.05, 0) is 61.1 Å². The maximum atomic E-state index is 14.7. The third kappa shape index (κ3) is 8.01. The van der Waals surface area contributed by atoms with Gasteiger partial charge in [0.25, 0.3) is 5.89 Å². The van der Waals surface area contributed by atoms with Gasteiger partial charge >= 0.3 is 6.09 Å². The largest absolute Gasteiger partial charge is 0.474 e. The normalized spacial score (nSPS) is 22.6. The highest BCUT2D eigenvalue weighted by molar-refractivity contribution is 5.68. The number of piperidine rings is 1. The number of hydrogen-bond acceptors (Lipinski definition) is 11. The van der Waals surface area contributed by atoms with Crippen LogP contribution in [0.4, 0.5) is 13.6 Å².